The fourth-order valence-corrected chi connectivity index (χ4v) is 3.68. The molecule has 1 aliphatic rings. The normalized spacial score (nSPS) is 13.8. The zero-order chi connectivity index (χ0) is 25.1. The summed E-state index contributed by atoms with van der Waals surface area (Å²) in [6.45, 7) is 2.90. The zero-order valence-electron chi connectivity index (χ0n) is 19.5. The molecule has 3 N–H and O–H groups in total. The van der Waals surface area contributed by atoms with E-state index in [1.807, 2.05) is 25.1 Å². The lowest BCUT2D eigenvalue weighted by atomic mass is 10.2. The first-order valence-corrected chi connectivity index (χ1v) is 11.6. The van der Waals surface area contributed by atoms with Crippen LogP contribution in [0.2, 0.25) is 0 Å². The molecule has 0 aliphatic heterocycles. The summed E-state index contributed by atoms with van der Waals surface area (Å²) >= 11 is 0. The van der Waals surface area contributed by atoms with Gasteiger partial charge in [-0.3, -0.25) is 4.98 Å². The average Bonchev–Trinajstić information content (AvgIpc) is 3.68. The maximum atomic E-state index is 12.9. The molecule has 184 valence electrons. The molecule has 5 rings (SSSR count). The second kappa shape index (κ2) is 9.80. The number of pyridine rings is 1. The first kappa shape index (κ1) is 23.5. The van der Waals surface area contributed by atoms with E-state index in [2.05, 4.69) is 36.1 Å². The SMILES string of the molecule is Cc1nc(N/N=C/c2ccc(Nc3cccc(C(F)(F)F)c3)cn2)nc2cc(NCC3CC3)ccc12. The smallest absolute Gasteiger partial charge is 0.385 e. The van der Waals surface area contributed by atoms with Crippen molar-refractivity contribution < 1.29 is 13.2 Å². The van der Waals surface area contributed by atoms with Crippen molar-refractivity contribution >= 4 is 40.1 Å². The highest BCUT2D eigenvalue weighted by Crippen LogP contribution is 2.31. The Labute approximate surface area is 205 Å². The monoisotopic (exact) mass is 491 g/mol. The predicted octanol–water partition coefficient (Wildman–Crippen LogP) is 6.36. The maximum Gasteiger partial charge on any atom is 0.416 e. The number of fused-ring (bicyclic) bond motifs is 1. The number of aromatic nitrogens is 3. The lowest BCUT2D eigenvalue weighted by Crippen LogP contribution is -2.05. The van der Waals surface area contributed by atoms with Crippen molar-refractivity contribution in [2.45, 2.75) is 25.9 Å². The van der Waals surface area contributed by atoms with E-state index in [1.165, 1.54) is 31.3 Å². The number of nitrogens with zero attached hydrogens (tertiary/aromatic N) is 4. The van der Waals surface area contributed by atoms with E-state index >= 15 is 0 Å². The summed E-state index contributed by atoms with van der Waals surface area (Å²) in [6.07, 6.45) is 1.22. The Bertz CT molecular complexity index is 1400. The van der Waals surface area contributed by atoms with Gasteiger partial charge in [0.2, 0.25) is 5.95 Å². The zero-order valence-corrected chi connectivity index (χ0v) is 19.5. The number of hydrogen-bond donors (Lipinski definition) is 3. The number of hydrazone groups is 1. The third-order valence-corrected chi connectivity index (χ3v) is 5.81. The van der Waals surface area contributed by atoms with Gasteiger partial charge in [0.1, 0.15) is 0 Å². The van der Waals surface area contributed by atoms with Gasteiger partial charge in [0.25, 0.3) is 0 Å². The van der Waals surface area contributed by atoms with Crippen LogP contribution in [0.4, 0.5) is 36.2 Å². The third kappa shape index (κ3) is 5.88. The lowest BCUT2D eigenvalue weighted by molar-refractivity contribution is -0.137. The minimum absolute atomic E-state index is 0.324. The minimum Gasteiger partial charge on any atom is -0.385 e. The van der Waals surface area contributed by atoms with Gasteiger partial charge in [-0.15, -0.1) is 0 Å². The van der Waals surface area contributed by atoms with Crippen molar-refractivity contribution in [1.82, 2.24) is 15.0 Å². The number of halogens is 3. The third-order valence-electron chi connectivity index (χ3n) is 5.81. The highest BCUT2D eigenvalue weighted by Gasteiger charge is 2.30. The fourth-order valence-electron chi connectivity index (χ4n) is 3.68. The molecular weight excluding hydrogens is 467 g/mol. The molecule has 1 fully saturated rings. The van der Waals surface area contributed by atoms with Crippen LogP contribution in [0.5, 0.6) is 0 Å². The van der Waals surface area contributed by atoms with Crippen LogP contribution in [0, 0.1) is 12.8 Å². The van der Waals surface area contributed by atoms with E-state index < -0.39 is 11.7 Å². The van der Waals surface area contributed by atoms with Gasteiger partial charge in [0.05, 0.1) is 40.6 Å². The van der Waals surface area contributed by atoms with E-state index in [0.717, 1.165) is 46.9 Å². The van der Waals surface area contributed by atoms with E-state index in [0.29, 0.717) is 23.0 Å². The van der Waals surface area contributed by atoms with Gasteiger partial charge in [0, 0.05) is 23.3 Å². The lowest BCUT2D eigenvalue weighted by Gasteiger charge is -2.10. The Hall–Kier alpha value is -4.21. The molecule has 0 unspecified atom stereocenters. The van der Waals surface area contributed by atoms with Crippen molar-refractivity contribution in [2.24, 2.45) is 11.0 Å². The second-order valence-corrected chi connectivity index (χ2v) is 8.73. The highest BCUT2D eigenvalue weighted by molar-refractivity contribution is 5.85. The summed E-state index contributed by atoms with van der Waals surface area (Å²) in [5.74, 6) is 1.15. The van der Waals surface area contributed by atoms with Crippen molar-refractivity contribution in [1.29, 1.82) is 0 Å². The molecule has 2 heterocycles. The summed E-state index contributed by atoms with van der Waals surface area (Å²) in [6, 6.07) is 14.5. The Morgan fingerprint density at radius 2 is 1.83 bits per heavy atom. The maximum absolute atomic E-state index is 12.9. The van der Waals surface area contributed by atoms with Crippen molar-refractivity contribution in [3.8, 4) is 0 Å². The number of alkyl halides is 3. The van der Waals surface area contributed by atoms with E-state index in [4.69, 9.17) is 0 Å². The van der Waals surface area contributed by atoms with Gasteiger partial charge in [-0.2, -0.15) is 18.3 Å². The Morgan fingerprint density at radius 3 is 2.58 bits per heavy atom. The van der Waals surface area contributed by atoms with Gasteiger partial charge in [-0.25, -0.2) is 15.4 Å². The van der Waals surface area contributed by atoms with Gasteiger partial charge in [0.15, 0.2) is 0 Å². The highest BCUT2D eigenvalue weighted by atomic mass is 19.4. The first-order chi connectivity index (χ1) is 17.3. The first-order valence-electron chi connectivity index (χ1n) is 11.6. The summed E-state index contributed by atoms with van der Waals surface area (Å²) in [5, 5.41) is 11.5. The number of rotatable bonds is 8. The molecular formula is C26H24F3N7. The molecule has 4 aromatic rings. The van der Waals surface area contributed by atoms with Crippen LogP contribution in [-0.2, 0) is 6.18 Å². The number of anilines is 4. The van der Waals surface area contributed by atoms with Crippen LogP contribution < -0.4 is 16.1 Å². The predicted molar refractivity (Wildman–Crippen MR) is 136 cm³/mol. The van der Waals surface area contributed by atoms with Crippen LogP contribution in [0.1, 0.15) is 29.8 Å². The topological polar surface area (TPSA) is 87.1 Å². The molecule has 0 radical (unpaired) electrons. The number of benzene rings is 2. The molecule has 0 amide bonds. The summed E-state index contributed by atoms with van der Waals surface area (Å²) in [5.41, 5.74) is 6.26. The molecule has 0 bridgehead atoms. The Kier molecular flexibility index (Phi) is 6.41. The van der Waals surface area contributed by atoms with Gasteiger partial charge < -0.3 is 10.6 Å². The van der Waals surface area contributed by atoms with Crippen molar-refractivity contribution in [3.05, 3.63) is 77.7 Å². The average molecular weight is 492 g/mol. The van der Waals surface area contributed by atoms with Gasteiger partial charge >= 0.3 is 6.18 Å². The summed E-state index contributed by atoms with van der Waals surface area (Å²) in [4.78, 5) is 13.3. The standard InChI is InChI=1S/C26H24F3N7/c1-16-23-10-9-19(30-13-17-5-6-17)12-24(23)35-25(33-16)36-32-15-21-7-8-22(14-31-21)34-20-4-2-3-18(11-20)26(27,28)29/h2-4,7-12,14-15,17,30,34H,5-6,13H2,1H3,(H,33,35,36)/b32-15+. The molecule has 2 aromatic carbocycles. The number of hydrogen-bond acceptors (Lipinski definition) is 7. The largest absolute Gasteiger partial charge is 0.416 e. The minimum atomic E-state index is -4.40. The van der Waals surface area contributed by atoms with Crippen LogP contribution in [0.25, 0.3) is 10.9 Å². The molecule has 0 atom stereocenters. The van der Waals surface area contributed by atoms with Crippen molar-refractivity contribution in [2.75, 3.05) is 22.6 Å². The molecule has 10 heteroatoms. The summed E-state index contributed by atoms with van der Waals surface area (Å²) < 4.78 is 38.7. The molecule has 0 spiro atoms. The fraction of sp³-hybridized carbons (Fsp3) is 0.231. The number of nitrogens with one attached hydrogen (secondary N) is 3. The van der Waals surface area contributed by atoms with Crippen LogP contribution in [0.15, 0.2) is 65.9 Å². The van der Waals surface area contributed by atoms with Crippen LogP contribution >= 0.6 is 0 Å². The number of aryl methyl sites for hydroxylation is 1. The Balaban J connectivity index is 1.22. The van der Waals surface area contributed by atoms with Crippen LogP contribution in [-0.4, -0.2) is 27.7 Å². The second-order valence-electron chi connectivity index (χ2n) is 8.73. The van der Waals surface area contributed by atoms with Crippen molar-refractivity contribution in [3.63, 3.8) is 0 Å². The van der Waals surface area contributed by atoms with Gasteiger partial charge in [-0.05, 0) is 74.2 Å². The Morgan fingerprint density at radius 1 is 1.00 bits per heavy atom. The molecule has 7 nitrogen and oxygen atoms in total. The van der Waals surface area contributed by atoms with E-state index in [1.54, 1.807) is 18.2 Å². The van der Waals surface area contributed by atoms with E-state index in [-0.39, 0.29) is 0 Å². The quantitative estimate of drug-likeness (QED) is 0.196. The molecule has 2 aromatic heterocycles. The summed E-state index contributed by atoms with van der Waals surface area (Å²) in [7, 11) is 0. The van der Waals surface area contributed by atoms with Gasteiger partial charge in [-0.1, -0.05) is 6.07 Å². The molecule has 1 aliphatic carbocycles. The molecule has 1 saturated carbocycles. The van der Waals surface area contributed by atoms with Crippen LogP contribution in [0.3, 0.4) is 0 Å². The van der Waals surface area contributed by atoms with E-state index in [9.17, 15) is 13.2 Å². The molecule has 36 heavy (non-hydrogen) atoms. The molecule has 0 saturated heterocycles.